The molecule has 4 amide bonds. The van der Waals surface area contributed by atoms with Gasteiger partial charge in [-0.3, -0.25) is 39.4 Å². The predicted octanol–water partition coefficient (Wildman–Crippen LogP) is 6.62. The lowest BCUT2D eigenvalue weighted by Gasteiger charge is -2.41. The molecular weight excluding hydrogens is 903 g/mol. The van der Waals surface area contributed by atoms with Crippen LogP contribution in [-0.2, 0) is 26.1 Å². The number of benzene rings is 2. The van der Waals surface area contributed by atoms with Crippen LogP contribution in [-0.4, -0.2) is 113 Å². The molecule has 0 radical (unpaired) electrons. The maximum absolute atomic E-state index is 13.9. The number of thiazole rings is 1. The Labute approximate surface area is 403 Å². The van der Waals surface area contributed by atoms with Gasteiger partial charge in [0.2, 0.25) is 23.7 Å². The maximum atomic E-state index is 13.9. The fourth-order valence-corrected chi connectivity index (χ4v) is 10.4. The van der Waals surface area contributed by atoms with Crippen LogP contribution in [0.3, 0.4) is 0 Å². The largest absolute Gasteiger partial charge is 0.491 e. The number of imidazole rings is 2. The number of fused-ring (bicyclic) bond motifs is 2. The third-order valence-corrected chi connectivity index (χ3v) is 14.4. The summed E-state index contributed by atoms with van der Waals surface area (Å²) < 4.78 is 11.8. The van der Waals surface area contributed by atoms with E-state index in [-0.39, 0.29) is 36.5 Å². The molecule has 0 spiro atoms. The van der Waals surface area contributed by atoms with Gasteiger partial charge in [-0.15, -0.1) is 23.1 Å². The number of carbonyl (C=O) groups is 4. The number of primary amides is 2. The number of aryl methyl sites for hydroxylation is 4. The number of hydrogen-bond donors (Lipinski definition) is 4. The van der Waals surface area contributed by atoms with Crippen LogP contribution in [0.5, 0.6) is 5.75 Å². The monoisotopic (exact) mass is 961 g/mol. The molecule has 8 rings (SSSR count). The van der Waals surface area contributed by atoms with Crippen molar-refractivity contribution < 1.29 is 23.9 Å². The van der Waals surface area contributed by atoms with Crippen molar-refractivity contribution in [2.24, 2.45) is 17.4 Å². The maximum Gasteiger partial charge on any atom is 0.276 e. The number of amides is 4. The van der Waals surface area contributed by atoms with E-state index in [1.54, 1.807) is 35.0 Å². The number of nitrogens with one attached hydrogen (secondary N) is 2. The third kappa shape index (κ3) is 10.2. The van der Waals surface area contributed by atoms with Gasteiger partial charge in [0.25, 0.3) is 11.8 Å². The van der Waals surface area contributed by atoms with Gasteiger partial charge < -0.3 is 30.2 Å². The van der Waals surface area contributed by atoms with Crippen molar-refractivity contribution >= 4 is 80.7 Å². The van der Waals surface area contributed by atoms with E-state index in [1.807, 2.05) is 55.2 Å². The lowest BCUT2D eigenvalue weighted by Crippen LogP contribution is -2.47. The normalized spacial score (nSPS) is 14.5. The van der Waals surface area contributed by atoms with Crippen LogP contribution in [0.15, 0.2) is 59.7 Å². The molecule has 1 saturated heterocycles. The van der Waals surface area contributed by atoms with Crippen molar-refractivity contribution in [1.82, 2.24) is 43.7 Å². The van der Waals surface area contributed by atoms with Gasteiger partial charge in [0.1, 0.15) is 21.8 Å². The van der Waals surface area contributed by atoms with Crippen molar-refractivity contribution in [2.45, 2.75) is 84.3 Å². The fourth-order valence-electron chi connectivity index (χ4n) is 8.83. The predicted molar refractivity (Wildman–Crippen MR) is 267 cm³/mol. The highest BCUT2D eigenvalue weighted by Gasteiger charge is 2.28. The summed E-state index contributed by atoms with van der Waals surface area (Å²) in [6, 6.07) is 8.29. The minimum atomic E-state index is -0.639. The molecule has 6 N–H and O–H groups in total. The second-order valence-corrected chi connectivity index (χ2v) is 19.1. The molecule has 2 aromatic carbocycles. The zero-order valence-electron chi connectivity index (χ0n) is 39.3. The van der Waals surface area contributed by atoms with Crippen molar-refractivity contribution in [1.29, 1.82) is 0 Å². The van der Waals surface area contributed by atoms with Gasteiger partial charge >= 0.3 is 0 Å². The van der Waals surface area contributed by atoms with Crippen molar-refractivity contribution in [3.8, 4) is 5.75 Å². The first-order valence-corrected chi connectivity index (χ1v) is 25.1. The molecule has 0 unspecified atom stereocenters. The molecule has 68 heavy (non-hydrogen) atoms. The fraction of sp³-hybridized carbons (Fsp3) is 0.417. The van der Waals surface area contributed by atoms with Crippen LogP contribution in [0.2, 0.25) is 0 Å². The van der Waals surface area contributed by atoms with Crippen LogP contribution in [0, 0.1) is 19.8 Å². The Morgan fingerprint density at radius 2 is 1.50 bits per heavy atom. The number of hydrogen-bond acceptors (Lipinski definition) is 13. The van der Waals surface area contributed by atoms with Gasteiger partial charge in [-0.25, -0.2) is 15.0 Å². The van der Waals surface area contributed by atoms with E-state index in [0.717, 1.165) is 49.0 Å². The van der Waals surface area contributed by atoms with Crippen molar-refractivity contribution in [2.75, 3.05) is 56.2 Å². The Hall–Kier alpha value is -6.51. The molecule has 2 aliphatic rings. The van der Waals surface area contributed by atoms with Crippen LogP contribution in [0.25, 0.3) is 22.1 Å². The molecule has 2 fully saturated rings. The summed E-state index contributed by atoms with van der Waals surface area (Å²) >= 11 is 2.74. The quantitative estimate of drug-likeness (QED) is 0.0360. The molecule has 5 heterocycles. The molecule has 20 heteroatoms. The van der Waals surface area contributed by atoms with Crippen LogP contribution < -0.4 is 26.8 Å². The van der Waals surface area contributed by atoms with Gasteiger partial charge in [-0.1, -0.05) is 32.1 Å². The number of ether oxygens (including phenoxy) is 1. The Morgan fingerprint density at radius 1 is 0.868 bits per heavy atom. The molecule has 358 valence electrons. The number of nitrogens with zero attached hydrogens (tertiary/aromatic N) is 9. The summed E-state index contributed by atoms with van der Waals surface area (Å²) in [6.07, 6.45) is 10.8. The van der Waals surface area contributed by atoms with Crippen LogP contribution >= 0.6 is 23.1 Å². The summed E-state index contributed by atoms with van der Waals surface area (Å²) in [5, 5.41) is 11.3. The van der Waals surface area contributed by atoms with E-state index >= 15 is 0 Å². The summed E-state index contributed by atoms with van der Waals surface area (Å²) in [4.78, 5) is 73.1. The zero-order chi connectivity index (χ0) is 48.2. The zero-order valence-corrected chi connectivity index (χ0v) is 40.9. The number of nitrogens with two attached hydrogens (primary N) is 2. The standard InChI is InChI=1S/C48H59N13O5S2/c1-7-34-42(68-30(5)51-34)46(65)55-48-53-36-25-33(44(50)63)27-39(67-6)41(36)60(48)17-10-9-16-59-40-35(52-47(59)54-45(64)37-23-28(3)56-61(37)8-2)24-32(43(49)62)26-38(40)66-22-12-15-57-18-20-58(21-19-57)29(4)31-13-11-14-31/h9-10,23-27,31H,4,7-8,11-22H2,1-3,5-6H3,(H2,49,62)(H2,50,63)(H,52,54,64)(H,53,55,65)/b10-9+. The molecule has 1 aliphatic carbocycles. The van der Waals surface area contributed by atoms with Gasteiger partial charge in [0.05, 0.1) is 39.6 Å². The highest BCUT2D eigenvalue weighted by atomic mass is 32.2. The van der Waals surface area contributed by atoms with Gasteiger partial charge in [0, 0.05) is 74.1 Å². The molecule has 4 aromatic heterocycles. The number of carbonyl (C=O) groups excluding carboxylic acids is 4. The topological polar surface area (TPSA) is 226 Å². The van der Waals surface area contributed by atoms with Gasteiger partial charge in [0.15, 0.2) is 0 Å². The number of aromatic nitrogens is 7. The van der Waals surface area contributed by atoms with Crippen molar-refractivity contribution in [3.05, 3.63) is 92.9 Å². The average molecular weight is 962 g/mol. The molecule has 1 aliphatic heterocycles. The number of piperazine rings is 1. The molecule has 18 nitrogen and oxygen atoms in total. The molecule has 1 saturated carbocycles. The second kappa shape index (κ2) is 20.8. The van der Waals surface area contributed by atoms with E-state index in [4.69, 9.17) is 26.2 Å². The first-order valence-electron chi connectivity index (χ1n) is 23.1. The van der Waals surface area contributed by atoms with E-state index < -0.39 is 17.7 Å². The minimum absolute atomic E-state index is 0.205. The summed E-state index contributed by atoms with van der Waals surface area (Å²) in [6.45, 7) is 17.9. The van der Waals surface area contributed by atoms with E-state index in [9.17, 15) is 19.2 Å². The van der Waals surface area contributed by atoms with Gasteiger partial charge in [-0.05, 0) is 89.0 Å². The summed E-state index contributed by atoms with van der Waals surface area (Å²) in [5.41, 5.74) is 17.3. The second-order valence-electron chi connectivity index (χ2n) is 17.1. The Kier molecular flexibility index (Phi) is 14.7. The first-order chi connectivity index (χ1) is 32.8. The van der Waals surface area contributed by atoms with Crippen molar-refractivity contribution in [3.63, 3.8) is 0 Å². The SMILES string of the molecule is C=C(C1CCC1)N1CCN(CCCOc2cc(C(N)=O)cc3nc(NC(=O)c4cc(C)nn4CC)n(C/C=C/Cn4c(NC(=O)c5sc(C)nc5CC)nc5cc(C(N)=O)cc(SC)c54)c23)CC1. The molecule has 6 aromatic rings. The molecule has 0 atom stereocenters. The summed E-state index contributed by atoms with van der Waals surface area (Å²) in [5.74, 6) is -0.442. The Balaban J connectivity index is 1.09. The lowest BCUT2D eigenvalue weighted by molar-refractivity contribution is 0.0991. The number of thioether (sulfide) groups is 1. The number of anilines is 2. The first kappa shape index (κ1) is 48.0. The Bertz CT molecular complexity index is 2930. The van der Waals surface area contributed by atoms with E-state index in [1.165, 1.54) is 48.1 Å². The van der Waals surface area contributed by atoms with E-state index in [0.29, 0.717) is 80.8 Å². The molecule has 0 bridgehead atoms. The highest BCUT2D eigenvalue weighted by Crippen LogP contribution is 2.35. The number of rotatable bonds is 20. The van der Waals surface area contributed by atoms with Crippen LogP contribution in [0.4, 0.5) is 11.9 Å². The Morgan fingerprint density at radius 3 is 2.10 bits per heavy atom. The minimum Gasteiger partial charge on any atom is -0.491 e. The highest BCUT2D eigenvalue weighted by molar-refractivity contribution is 7.98. The smallest absolute Gasteiger partial charge is 0.276 e. The lowest BCUT2D eigenvalue weighted by atomic mass is 9.82. The average Bonchev–Trinajstić information content (AvgIpc) is 4.07. The summed E-state index contributed by atoms with van der Waals surface area (Å²) in [7, 11) is 0. The van der Waals surface area contributed by atoms with E-state index in [2.05, 4.69) is 37.1 Å². The van der Waals surface area contributed by atoms with Gasteiger partial charge in [-0.2, -0.15) is 5.10 Å². The molecular formula is C48H59N13O5S2. The third-order valence-electron chi connectivity index (χ3n) is 12.6. The number of allylic oxidation sites excluding steroid dienone is 3. The van der Waals surface area contributed by atoms with Crippen LogP contribution in [0.1, 0.15) is 96.8 Å².